The lowest BCUT2D eigenvalue weighted by molar-refractivity contribution is -0.132. The maximum atomic E-state index is 12.2. The standard InChI is InChI=1S/C14H17BrClNO2/c15-13-2-1-12(16)7-11(13)8-14(19)17-5-3-10(9-18)4-6-17/h1-2,7,10,18H,3-6,8-9H2. The summed E-state index contributed by atoms with van der Waals surface area (Å²) in [6, 6.07) is 5.49. The molecular formula is C14H17BrClNO2. The normalized spacial score (nSPS) is 16.7. The van der Waals surface area contributed by atoms with Gasteiger partial charge in [-0.3, -0.25) is 4.79 Å². The van der Waals surface area contributed by atoms with Gasteiger partial charge in [0.1, 0.15) is 0 Å². The number of halogens is 2. The highest BCUT2D eigenvalue weighted by molar-refractivity contribution is 9.10. The lowest BCUT2D eigenvalue weighted by Gasteiger charge is -2.31. The zero-order valence-corrected chi connectivity index (χ0v) is 13.0. The lowest BCUT2D eigenvalue weighted by Crippen LogP contribution is -2.40. The van der Waals surface area contributed by atoms with Gasteiger partial charge in [-0.05, 0) is 42.5 Å². The number of hydrogen-bond acceptors (Lipinski definition) is 2. The molecule has 0 bridgehead atoms. The van der Waals surface area contributed by atoms with Crippen LogP contribution in [-0.4, -0.2) is 35.6 Å². The Morgan fingerprint density at radius 2 is 2.11 bits per heavy atom. The summed E-state index contributed by atoms with van der Waals surface area (Å²) in [5.41, 5.74) is 0.918. The molecule has 104 valence electrons. The average molecular weight is 347 g/mol. The lowest BCUT2D eigenvalue weighted by atomic mass is 9.97. The first-order chi connectivity index (χ1) is 9.10. The number of aliphatic hydroxyl groups excluding tert-OH is 1. The summed E-state index contributed by atoms with van der Waals surface area (Å²) in [5, 5.41) is 9.74. The van der Waals surface area contributed by atoms with Crippen LogP contribution in [0.4, 0.5) is 0 Å². The van der Waals surface area contributed by atoms with Crippen molar-refractivity contribution in [3.63, 3.8) is 0 Å². The molecule has 1 aromatic rings. The molecule has 0 saturated carbocycles. The van der Waals surface area contributed by atoms with Crippen LogP contribution in [0.2, 0.25) is 5.02 Å². The first-order valence-electron chi connectivity index (χ1n) is 6.42. The molecule has 1 aromatic carbocycles. The first kappa shape index (κ1) is 14.8. The summed E-state index contributed by atoms with van der Waals surface area (Å²) in [4.78, 5) is 14.1. The summed E-state index contributed by atoms with van der Waals surface area (Å²) >= 11 is 9.39. The summed E-state index contributed by atoms with van der Waals surface area (Å²) in [6.45, 7) is 1.70. The molecule has 0 spiro atoms. The van der Waals surface area contributed by atoms with Crippen LogP contribution in [-0.2, 0) is 11.2 Å². The van der Waals surface area contributed by atoms with E-state index in [1.807, 2.05) is 17.0 Å². The van der Waals surface area contributed by atoms with Gasteiger partial charge in [-0.15, -0.1) is 0 Å². The molecule has 5 heteroatoms. The van der Waals surface area contributed by atoms with Gasteiger partial charge in [0.2, 0.25) is 5.91 Å². The molecular weight excluding hydrogens is 330 g/mol. The monoisotopic (exact) mass is 345 g/mol. The summed E-state index contributed by atoms with van der Waals surface area (Å²) in [5.74, 6) is 0.473. The fraction of sp³-hybridized carbons (Fsp3) is 0.500. The molecule has 1 aliphatic rings. The predicted octanol–water partition coefficient (Wildman–Crippen LogP) is 2.88. The van der Waals surface area contributed by atoms with Gasteiger partial charge in [-0.1, -0.05) is 27.5 Å². The molecule has 0 unspecified atom stereocenters. The van der Waals surface area contributed by atoms with Crippen LogP contribution in [0.15, 0.2) is 22.7 Å². The van der Waals surface area contributed by atoms with Crippen molar-refractivity contribution in [2.75, 3.05) is 19.7 Å². The van der Waals surface area contributed by atoms with Crippen LogP contribution in [0, 0.1) is 5.92 Å². The second-order valence-corrected chi connectivity index (χ2v) is 6.21. The van der Waals surface area contributed by atoms with Gasteiger partial charge >= 0.3 is 0 Å². The van der Waals surface area contributed by atoms with Crippen LogP contribution in [0.25, 0.3) is 0 Å². The van der Waals surface area contributed by atoms with E-state index in [4.69, 9.17) is 16.7 Å². The van der Waals surface area contributed by atoms with E-state index in [1.54, 1.807) is 6.07 Å². The van der Waals surface area contributed by atoms with Gasteiger partial charge in [0.25, 0.3) is 0 Å². The Hall–Kier alpha value is -0.580. The molecule has 1 aliphatic heterocycles. The van der Waals surface area contributed by atoms with E-state index in [2.05, 4.69) is 15.9 Å². The third kappa shape index (κ3) is 3.94. The van der Waals surface area contributed by atoms with Crippen LogP contribution >= 0.6 is 27.5 Å². The van der Waals surface area contributed by atoms with Crippen LogP contribution in [0.3, 0.4) is 0 Å². The second-order valence-electron chi connectivity index (χ2n) is 4.92. The Bertz CT molecular complexity index is 459. The number of amides is 1. The van der Waals surface area contributed by atoms with Crippen LogP contribution < -0.4 is 0 Å². The largest absolute Gasteiger partial charge is 0.396 e. The number of hydrogen-bond donors (Lipinski definition) is 1. The summed E-state index contributed by atoms with van der Waals surface area (Å²) in [6.07, 6.45) is 2.14. The number of carbonyl (C=O) groups excluding carboxylic acids is 1. The van der Waals surface area contributed by atoms with Crippen molar-refractivity contribution < 1.29 is 9.90 Å². The number of piperidine rings is 1. The molecule has 1 fully saturated rings. The zero-order valence-electron chi connectivity index (χ0n) is 10.6. The fourth-order valence-corrected chi connectivity index (χ4v) is 2.90. The SMILES string of the molecule is O=C(Cc1cc(Cl)ccc1Br)N1CCC(CO)CC1. The highest BCUT2D eigenvalue weighted by atomic mass is 79.9. The minimum atomic E-state index is 0.124. The third-order valence-electron chi connectivity index (χ3n) is 3.57. The number of rotatable bonds is 3. The number of carbonyl (C=O) groups is 1. The number of aliphatic hydroxyl groups is 1. The maximum Gasteiger partial charge on any atom is 0.227 e. The molecule has 19 heavy (non-hydrogen) atoms. The van der Waals surface area contributed by atoms with Crippen molar-refractivity contribution in [2.45, 2.75) is 19.3 Å². The van der Waals surface area contributed by atoms with Gasteiger partial charge in [0.05, 0.1) is 6.42 Å². The Morgan fingerprint density at radius 3 is 2.74 bits per heavy atom. The highest BCUT2D eigenvalue weighted by Crippen LogP contribution is 2.23. The number of benzene rings is 1. The van der Waals surface area contributed by atoms with Crippen molar-refractivity contribution in [1.82, 2.24) is 4.90 Å². The number of likely N-dealkylation sites (tertiary alicyclic amines) is 1. The van der Waals surface area contributed by atoms with Gasteiger partial charge in [-0.25, -0.2) is 0 Å². The first-order valence-corrected chi connectivity index (χ1v) is 7.60. The van der Waals surface area contributed by atoms with Crippen molar-refractivity contribution >= 4 is 33.4 Å². The zero-order chi connectivity index (χ0) is 13.8. The van der Waals surface area contributed by atoms with E-state index >= 15 is 0 Å². The summed E-state index contributed by atoms with van der Waals surface area (Å²) < 4.78 is 0.912. The van der Waals surface area contributed by atoms with E-state index in [9.17, 15) is 4.79 Å². The fourth-order valence-electron chi connectivity index (χ4n) is 2.32. The van der Waals surface area contributed by atoms with E-state index in [0.717, 1.165) is 36.0 Å². The molecule has 0 radical (unpaired) electrons. The van der Waals surface area contributed by atoms with Crippen molar-refractivity contribution in [3.8, 4) is 0 Å². The van der Waals surface area contributed by atoms with Gasteiger partial charge in [0.15, 0.2) is 0 Å². The molecule has 1 saturated heterocycles. The summed E-state index contributed by atoms with van der Waals surface area (Å²) in [7, 11) is 0. The second kappa shape index (κ2) is 6.73. The predicted molar refractivity (Wildman–Crippen MR) is 79.2 cm³/mol. The molecule has 1 heterocycles. The molecule has 1 N–H and O–H groups in total. The minimum absolute atomic E-state index is 0.124. The van der Waals surface area contributed by atoms with Gasteiger partial charge in [-0.2, -0.15) is 0 Å². The average Bonchev–Trinajstić information content (AvgIpc) is 2.43. The Balaban J connectivity index is 1.96. The van der Waals surface area contributed by atoms with E-state index in [0.29, 0.717) is 17.4 Å². The molecule has 3 nitrogen and oxygen atoms in total. The molecule has 0 atom stereocenters. The number of nitrogens with zero attached hydrogens (tertiary/aromatic N) is 1. The molecule has 1 amide bonds. The van der Waals surface area contributed by atoms with Crippen molar-refractivity contribution in [3.05, 3.63) is 33.3 Å². The maximum absolute atomic E-state index is 12.2. The Kier molecular flexibility index (Phi) is 5.25. The molecule has 0 aliphatic carbocycles. The molecule has 2 rings (SSSR count). The third-order valence-corrected chi connectivity index (χ3v) is 4.58. The van der Waals surface area contributed by atoms with E-state index in [-0.39, 0.29) is 12.5 Å². The Morgan fingerprint density at radius 1 is 1.42 bits per heavy atom. The van der Waals surface area contributed by atoms with E-state index in [1.165, 1.54) is 0 Å². The highest BCUT2D eigenvalue weighted by Gasteiger charge is 2.22. The van der Waals surface area contributed by atoms with Crippen molar-refractivity contribution in [2.24, 2.45) is 5.92 Å². The molecule has 0 aromatic heterocycles. The quantitative estimate of drug-likeness (QED) is 0.914. The van der Waals surface area contributed by atoms with Crippen LogP contribution in [0.1, 0.15) is 18.4 Å². The smallest absolute Gasteiger partial charge is 0.227 e. The Labute approximate surface area is 126 Å². The van der Waals surface area contributed by atoms with E-state index < -0.39 is 0 Å². The topological polar surface area (TPSA) is 40.5 Å². The van der Waals surface area contributed by atoms with Crippen molar-refractivity contribution in [1.29, 1.82) is 0 Å². The minimum Gasteiger partial charge on any atom is -0.396 e. The van der Waals surface area contributed by atoms with Gasteiger partial charge < -0.3 is 10.0 Å². The van der Waals surface area contributed by atoms with Crippen LogP contribution in [0.5, 0.6) is 0 Å². The van der Waals surface area contributed by atoms with Gasteiger partial charge in [0, 0.05) is 29.2 Å².